The summed E-state index contributed by atoms with van der Waals surface area (Å²) >= 11 is 0. The Bertz CT molecular complexity index is 1190. The first-order chi connectivity index (χ1) is 13.7. The van der Waals surface area contributed by atoms with Crippen LogP contribution in [0.15, 0.2) is 77.7 Å². The summed E-state index contributed by atoms with van der Waals surface area (Å²) in [7, 11) is 0. The van der Waals surface area contributed by atoms with Gasteiger partial charge in [0.25, 0.3) is 5.56 Å². The number of para-hydroxylation sites is 2. The Morgan fingerprint density at radius 2 is 1.75 bits per heavy atom. The molecular formula is C21H15N3O4. The van der Waals surface area contributed by atoms with Crippen molar-refractivity contribution in [3.8, 4) is 11.6 Å². The molecule has 7 nitrogen and oxygen atoms in total. The number of nitrogens with zero attached hydrogens (tertiary/aromatic N) is 2. The highest BCUT2D eigenvalue weighted by Crippen LogP contribution is 2.23. The maximum Gasteiger partial charge on any atom is 0.344 e. The highest BCUT2D eigenvalue weighted by molar-refractivity contribution is 5.91. The Morgan fingerprint density at radius 3 is 2.61 bits per heavy atom. The van der Waals surface area contributed by atoms with Crippen LogP contribution in [0, 0.1) is 0 Å². The number of hydrogen-bond acceptors (Lipinski definition) is 6. The van der Waals surface area contributed by atoms with E-state index in [0.717, 1.165) is 0 Å². The molecule has 0 atom stereocenters. The molecule has 1 N–H and O–H groups in total. The molecule has 0 unspecified atom stereocenters. The zero-order valence-corrected chi connectivity index (χ0v) is 14.7. The molecule has 2 aromatic heterocycles. The molecule has 28 heavy (non-hydrogen) atoms. The van der Waals surface area contributed by atoms with Gasteiger partial charge in [-0.3, -0.25) is 4.79 Å². The van der Waals surface area contributed by atoms with Crippen LogP contribution in [-0.4, -0.2) is 20.9 Å². The minimum absolute atomic E-state index is 0.138. The van der Waals surface area contributed by atoms with E-state index in [1.807, 2.05) is 18.2 Å². The number of fused-ring (bicyclic) bond motifs is 1. The van der Waals surface area contributed by atoms with E-state index < -0.39 is 5.97 Å². The molecule has 2 aromatic carbocycles. The molecule has 2 heterocycles. The fraction of sp³-hybridized carbons (Fsp3) is 0.0476. The quantitative estimate of drug-likeness (QED) is 0.538. The van der Waals surface area contributed by atoms with Gasteiger partial charge in [-0.15, -0.1) is 0 Å². The first-order valence-corrected chi connectivity index (χ1v) is 8.54. The van der Waals surface area contributed by atoms with E-state index in [9.17, 15) is 9.59 Å². The second kappa shape index (κ2) is 7.71. The number of benzene rings is 2. The summed E-state index contributed by atoms with van der Waals surface area (Å²) in [6.07, 6.45) is 1.53. The van der Waals surface area contributed by atoms with Gasteiger partial charge < -0.3 is 14.5 Å². The van der Waals surface area contributed by atoms with Gasteiger partial charge in [0.2, 0.25) is 5.88 Å². The van der Waals surface area contributed by atoms with Gasteiger partial charge in [-0.05, 0) is 36.4 Å². The van der Waals surface area contributed by atoms with E-state index in [1.54, 1.807) is 48.5 Å². The first kappa shape index (κ1) is 17.4. The van der Waals surface area contributed by atoms with Crippen LogP contribution < -0.4 is 10.3 Å². The van der Waals surface area contributed by atoms with E-state index in [0.29, 0.717) is 16.7 Å². The fourth-order valence-corrected chi connectivity index (χ4v) is 2.64. The van der Waals surface area contributed by atoms with Crippen molar-refractivity contribution in [3.05, 3.63) is 94.7 Å². The number of aromatic amines is 1. The zero-order valence-electron chi connectivity index (χ0n) is 14.7. The minimum Gasteiger partial charge on any atom is -0.454 e. The van der Waals surface area contributed by atoms with Crippen molar-refractivity contribution in [2.75, 3.05) is 0 Å². The maximum absolute atomic E-state index is 12.5. The third kappa shape index (κ3) is 3.73. The van der Waals surface area contributed by atoms with Crippen LogP contribution in [-0.2, 0) is 11.3 Å². The van der Waals surface area contributed by atoms with Gasteiger partial charge in [-0.2, -0.15) is 0 Å². The number of carbonyl (C=O) groups excluding carboxylic acids is 1. The maximum atomic E-state index is 12.5. The third-order valence-corrected chi connectivity index (χ3v) is 3.95. The molecule has 0 amide bonds. The monoisotopic (exact) mass is 373 g/mol. The molecule has 0 fully saturated rings. The van der Waals surface area contributed by atoms with Crippen molar-refractivity contribution in [2.24, 2.45) is 0 Å². The average Bonchev–Trinajstić information content (AvgIpc) is 2.73. The number of pyridine rings is 1. The summed E-state index contributed by atoms with van der Waals surface area (Å²) in [5, 5.41) is 0.475. The number of rotatable bonds is 5. The van der Waals surface area contributed by atoms with Crippen LogP contribution in [0.3, 0.4) is 0 Å². The highest BCUT2D eigenvalue weighted by Gasteiger charge is 2.16. The smallest absolute Gasteiger partial charge is 0.344 e. The molecule has 0 saturated heterocycles. The summed E-state index contributed by atoms with van der Waals surface area (Å²) in [4.78, 5) is 35.7. The van der Waals surface area contributed by atoms with Crippen molar-refractivity contribution in [2.45, 2.75) is 6.61 Å². The van der Waals surface area contributed by atoms with Gasteiger partial charge in [-0.25, -0.2) is 14.8 Å². The largest absolute Gasteiger partial charge is 0.454 e. The minimum atomic E-state index is -0.630. The summed E-state index contributed by atoms with van der Waals surface area (Å²) in [5.74, 6) is 0.316. The standard InChI is InChI=1S/C21H15N3O4/c25-19-15-9-4-5-11-17(15)23-18(24-19)13-27-21(26)16-10-6-12-22-20(16)28-14-7-2-1-3-8-14/h1-12H,13H2,(H,23,24,25). The molecule has 0 bridgehead atoms. The molecule has 0 radical (unpaired) electrons. The first-order valence-electron chi connectivity index (χ1n) is 8.54. The van der Waals surface area contributed by atoms with E-state index in [-0.39, 0.29) is 29.4 Å². The van der Waals surface area contributed by atoms with Crippen molar-refractivity contribution >= 4 is 16.9 Å². The summed E-state index contributed by atoms with van der Waals surface area (Å²) in [5.41, 5.74) is 0.424. The van der Waals surface area contributed by atoms with Crippen LogP contribution in [0.4, 0.5) is 0 Å². The molecule has 0 aliphatic rings. The normalized spacial score (nSPS) is 10.6. The van der Waals surface area contributed by atoms with Crippen molar-refractivity contribution in [1.82, 2.24) is 15.0 Å². The lowest BCUT2D eigenvalue weighted by atomic mass is 10.2. The van der Waals surface area contributed by atoms with Gasteiger partial charge in [0, 0.05) is 6.20 Å². The van der Waals surface area contributed by atoms with E-state index in [2.05, 4.69) is 15.0 Å². The molecule has 0 aliphatic heterocycles. The number of nitrogens with one attached hydrogen (secondary N) is 1. The van der Waals surface area contributed by atoms with E-state index >= 15 is 0 Å². The molecule has 0 saturated carbocycles. The van der Waals surface area contributed by atoms with Crippen molar-refractivity contribution in [1.29, 1.82) is 0 Å². The zero-order chi connectivity index (χ0) is 19.3. The van der Waals surface area contributed by atoms with Crippen LogP contribution in [0.2, 0.25) is 0 Å². The van der Waals surface area contributed by atoms with Crippen LogP contribution in [0.1, 0.15) is 16.2 Å². The summed E-state index contributed by atoms with van der Waals surface area (Å²) in [6.45, 7) is -0.182. The van der Waals surface area contributed by atoms with Gasteiger partial charge >= 0.3 is 5.97 Å². The molecule has 0 aliphatic carbocycles. The van der Waals surface area contributed by atoms with Crippen molar-refractivity contribution in [3.63, 3.8) is 0 Å². The van der Waals surface area contributed by atoms with Gasteiger partial charge in [0.15, 0.2) is 0 Å². The Balaban J connectivity index is 1.52. The van der Waals surface area contributed by atoms with Crippen LogP contribution in [0.25, 0.3) is 10.9 Å². The number of ether oxygens (including phenoxy) is 2. The molecule has 7 heteroatoms. The average molecular weight is 373 g/mol. The number of H-pyrrole nitrogens is 1. The lowest BCUT2D eigenvalue weighted by Gasteiger charge is -2.10. The lowest BCUT2D eigenvalue weighted by Crippen LogP contribution is -2.15. The second-order valence-corrected chi connectivity index (χ2v) is 5.88. The summed E-state index contributed by atoms with van der Waals surface area (Å²) in [6, 6.07) is 19.1. The Kier molecular flexibility index (Phi) is 4.79. The van der Waals surface area contributed by atoms with Gasteiger partial charge in [0.1, 0.15) is 23.7 Å². The van der Waals surface area contributed by atoms with E-state index in [1.165, 1.54) is 6.20 Å². The lowest BCUT2D eigenvalue weighted by molar-refractivity contribution is 0.0458. The van der Waals surface area contributed by atoms with Gasteiger partial charge in [-0.1, -0.05) is 30.3 Å². The van der Waals surface area contributed by atoms with E-state index in [4.69, 9.17) is 9.47 Å². The Labute approximate surface area is 159 Å². The number of aromatic nitrogens is 3. The summed E-state index contributed by atoms with van der Waals surface area (Å²) < 4.78 is 11.0. The van der Waals surface area contributed by atoms with Gasteiger partial charge in [0.05, 0.1) is 10.9 Å². The SMILES string of the molecule is O=C(OCc1nc2ccccc2c(=O)[nH]1)c1cccnc1Oc1ccccc1. The molecule has 4 aromatic rings. The molecule has 138 valence electrons. The predicted octanol–water partition coefficient (Wildman–Crippen LogP) is 3.47. The number of hydrogen-bond donors (Lipinski definition) is 1. The predicted molar refractivity (Wildman–Crippen MR) is 102 cm³/mol. The number of esters is 1. The molecular weight excluding hydrogens is 358 g/mol. The second-order valence-electron chi connectivity index (χ2n) is 5.88. The fourth-order valence-electron chi connectivity index (χ4n) is 2.64. The number of carbonyl (C=O) groups is 1. The third-order valence-electron chi connectivity index (χ3n) is 3.95. The molecule has 0 spiro atoms. The Hall–Kier alpha value is -4.00. The molecule has 4 rings (SSSR count). The van der Waals surface area contributed by atoms with Crippen molar-refractivity contribution < 1.29 is 14.3 Å². The highest BCUT2D eigenvalue weighted by atomic mass is 16.5. The van der Waals surface area contributed by atoms with Crippen LogP contribution in [0.5, 0.6) is 11.6 Å². The Morgan fingerprint density at radius 1 is 0.964 bits per heavy atom. The topological polar surface area (TPSA) is 94.2 Å². The van der Waals surface area contributed by atoms with Crippen LogP contribution >= 0.6 is 0 Å².